The molecule has 0 aliphatic rings. The molecule has 2 aromatic rings. The average Bonchev–Trinajstić information content (AvgIpc) is 2.64. The summed E-state index contributed by atoms with van der Waals surface area (Å²) in [7, 11) is 0. The van der Waals surface area contributed by atoms with Crippen LogP contribution in [0.25, 0.3) is 0 Å². The molecular formula is C19H19N3O4. The van der Waals surface area contributed by atoms with E-state index in [4.69, 9.17) is 10.9 Å². The van der Waals surface area contributed by atoms with Gasteiger partial charge in [0.15, 0.2) is 6.04 Å². The van der Waals surface area contributed by atoms with Gasteiger partial charge in [0.25, 0.3) is 11.8 Å². The molecule has 7 nitrogen and oxygen atoms in total. The number of carbonyl (C=O) groups excluding carboxylic acids is 2. The number of aliphatic hydroxyl groups excluding tert-OH is 1. The number of hydroxylamine groups is 1. The Balaban J connectivity index is 2.48. The van der Waals surface area contributed by atoms with Crippen molar-refractivity contribution >= 4 is 17.5 Å². The second-order valence-corrected chi connectivity index (χ2v) is 5.56. The van der Waals surface area contributed by atoms with Gasteiger partial charge in [-0.05, 0) is 43.2 Å². The lowest BCUT2D eigenvalue weighted by Gasteiger charge is -2.27. The van der Waals surface area contributed by atoms with Crippen molar-refractivity contribution in [1.82, 2.24) is 10.4 Å². The summed E-state index contributed by atoms with van der Waals surface area (Å²) < 4.78 is 0. The first-order valence-electron chi connectivity index (χ1n) is 7.82. The summed E-state index contributed by atoms with van der Waals surface area (Å²) in [5, 5.41) is 18.9. The zero-order valence-electron chi connectivity index (χ0n) is 14.1. The van der Waals surface area contributed by atoms with Crippen LogP contribution < -0.4 is 11.2 Å². The second-order valence-electron chi connectivity index (χ2n) is 5.56. The van der Waals surface area contributed by atoms with Crippen molar-refractivity contribution in [2.24, 2.45) is 0 Å². The number of nitrogens with two attached hydrogens (primary N) is 1. The Labute approximate surface area is 151 Å². The van der Waals surface area contributed by atoms with Gasteiger partial charge in [-0.3, -0.25) is 19.7 Å². The predicted molar refractivity (Wildman–Crippen MR) is 95.7 cm³/mol. The van der Waals surface area contributed by atoms with E-state index >= 15 is 0 Å². The highest BCUT2D eigenvalue weighted by Gasteiger charge is 2.33. The smallest absolute Gasteiger partial charge is 0.269 e. The maximum atomic E-state index is 12.8. The maximum absolute atomic E-state index is 12.8. The highest BCUT2D eigenvalue weighted by Crippen LogP contribution is 2.12. The first kappa shape index (κ1) is 19.0. The van der Waals surface area contributed by atoms with Crippen LogP contribution >= 0.6 is 0 Å². The van der Waals surface area contributed by atoms with Crippen LogP contribution in [0.1, 0.15) is 22.8 Å². The summed E-state index contributed by atoms with van der Waals surface area (Å²) in [6, 6.07) is 16.1. The van der Waals surface area contributed by atoms with Crippen molar-refractivity contribution in [2.75, 3.05) is 5.73 Å². The molecule has 7 heteroatoms. The van der Waals surface area contributed by atoms with E-state index in [0.717, 1.165) is 4.90 Å². The lowest BCUT2D eigenvalue weighted by atomic mass is 10.1. The van der Waals surface area contributed by atoms with E-state index in [2.05, 4.69) is 12.0 Å². The molecule has 0 aliphatic carbocycles. The van der Waals surface area contributed by atoms with Gasteiger partial charge >= 0.3 is 0 Å². The number of hydrogen-bond acceptors (Lipinski definition) is 5. The topological polar surface area (TPSA) is 116 Å². The van der Waals surface area contributed by atoms with E-state index in [1.54, 1.807) is 54.6 Å². The van der Waals surface area contributed by atoms with Gasteiger partial charge in [0.1, 0.15) is 0 Å². The largest absolute Gasteiger partial charge is 0.399 e. The molecule has 2 atom stereocenters. The van der Waals surface area contributed by atoms with Crippen molar-refractivity contribution < 1.29 is 19.9 Å². The molecule has 0 spiro atoms. The monoisotopic (exact) mass is 353 g/mol. The molecule has 0 unspecified atom stereocenters. The normalized spacial score (nSPS) is 12.3. The summed E-state index contributed by atoms with van der Waals surface area (Å²) in [5.41, 5.74) is 8.48. The third-order valence-electron chi connectivity index (χ3n) is 3.56. The van der Waals surface area contributed by atoms with Crippen LogP contribution in [0.4, 0.5) is 5.69 Å². The van der Waals surface area contributed by atoms with Gasteiger partial charge in [-0.15, -0.1) is 0 Å². The molecule has 0 saturated carbocycles. The van der Waals surface area contributed by atoms with Crippen LogP contribution in [0, 0.1) is 12.0 Å². The van der Waals surface area contributed by atoms with Gasteiger partial charge in [0.2, 0.25) is 0 Å². The molecule has 0 heterocycles. The van der Waals surface area contributed by atoms with Crippen molar-refractivity contribution in [1.29, 1.82) is 0 Å². The van der Waals surface area contributed by atoms with Crippen molar-refractivity contribution in [3.05, 3.63) is 65.7 Å². The summed E-state index contributed by atoms with van der Waals surface area (Å²) in [6.07, 6.45) is -1.27. The summed E-state index contributed by atoms with van der Waals surface area (Å²) in [4.78, 5) is 25.7. The van der Waals surface area contributed by atoms with Crippen LogP contribution in [-0.2, 0) is 4.79 Å². The number of amides is 2. The molecule has 0 aliphatic heterocycles. The van der Waals surface area contributed by atoms with Crippen LogP contribution in [0.15, 0.2) is 54.6 Å². The van der Waals surface area contributed by atoms with Crippen molar-refractivity contribution in [3.63, 3.8) is 0 Å². The van der Waals surface area contributed by atoms with Crippen molar-refractivity contribution in [3.8, 4) is 12.0 Å². The number of rotatable bonds is 4. The highest BCUT2D eigenvalue weighted by molar-refractivity contribution is 5.98. The molecule has 5 N–H and O–H groups in total. The lowest BCUT2D eigenvalue weighted by Crippen LogP contribution is -2.52. The molecule has 2 aromatic carbocycles. The third-order valence-corrected chi connectivity index (χ3v) is 3.56. The summed E-state index contributed by atoms with van der Waals surface area (Å²) >= 11 is 0. The molecule has 0 saturated heterocycles. The number of nitrogens with zero attached hydrogens (tertiary/aromatic N) is 1. The number of anilines is 1. The number of nitrogen functional groups attached to an aromatic ring is 1. The molecule has 0 radical (unpaired) electrons. The van der Waals surface area contributed by atoms with E-state index in [-0.39, 0.29) is 5.56 Å². The van der Waals surface area contributed by atoms with Crippen molar-refractivity contribution in [2.45, 2.75) is 19.1 Å². The number of benzene rings is 2. The van der Waals surface area contributed by atoms with Gasteiger partial charge in [-0.1, -0.05) is 24.3 Å². The maximum Gasteiger partial charge on any atom is 0.269 e. The Morgan fingerprint density at radius 2 is 1.85 bits per heavy atom. The standard InChI is InChI=1S/C19H19N3O4/c1-13(23)17(18(24)21-26)22(19(25)15-7-3-2-4-8-15)11-10-14-6-5-9-16(20)12-14/h2-9,12-13,17,23,26H,20H2,1H3,(H,21,24)/t13-,17+/m1/s1. The van der Waals surface area contributed by atoms with Crippen LogP contribution in [-0.4, -0.2) is 39.2 Å². The Bertz CT molecular complexity index is 841. The lowest BCUT2D eigenvalue weighted by molar-refractivity contribution is -0.136. The molecule has 2 amide bonds. The summed E-state index contributed by atoms with van der Waals surface area (Å²) in [6.45, 7) is 1.33. The molecule has 134 valence electrons. The molecule has 26 heavy (non-hydrogen) atoms. The van der Waals surface area contributed by atoms with Crippen LogP contribution in [0.2, 0.25) is 0 Å². The van der Waals surface area contributed by atoms with Gasteiger partial charge < -0.3 is 10.8 Å². The molecule has 0 fully saturated rings. The Morgan fingerprint density at radius 3 is 2.42 bits per heavy atom. The van der Waals surface area contributed by atoms with E-state index in [0.29, 0.717) is 11.3 Å². The quantitative estimate of drug-likeness (QED) is 0.215. The SMILES string of the molecule is C[C@@H](O)[C@@H](C(=O)NO)N(C#Cc1cccc(N)c1)C(=O)c1ccccc1. The minimum atomic E-state index is -1.40. The average molecular weight is 353 g/mol. The Kier molecular flexibility index (Phi) is 6.33. The van der Waals surface area contributed by atoms with Gasteiger partial charge in [-0.25, -0.2) is 5.48 Å². The number of hydrogen-bond donors (Lipinski definition) is 4. The predicted octanol–water partition coefficient (Wildman–Crippen LogP) is 0.975. The molecular weight excluding hydrogens is 334 g/mol. The fourth-order valence-corrected chi connectivity index (χ4v) is 2.33. The van der Waals surface area contributed by atoms with E-state index < -0.39 is 24.0 Å². The van der Waals surface area contributed by atoms with Gasteiger partial charge in [-0.2, -0.15) is 0 Å². The number of nitrogens with one attached hydrogen (secondary N) is 1. The number of aliphatic hydroxyl groups is 1. The molecule has 0 bridgehead atoms. The second kappa shape index (κ2) is 8.67. The zero-order valence-corrected chi connectivity index (χ0v) is 14.1. The first-order chi connectivity index (χ1) is 12.4. The summed E-state index contributed by atoms with van der Waals surface area (Å²) in [5.74, 6) is 1.21. The molecule has 2 rings (SSSR count). The van der Waals surface area contributed by atoms with E-state index in [1.807, 2.05) is 0 Å². The van der Waals surface area contributed by atoms with E-state index in [1.165, 1.54) is 12.4 Å². The molecule has 0 aromatic heterocycles. The zero-order chi connectivity index (χ0) is 19.1. The highest BCUT2D eigenvalue weighted by atomic mass is 16.5. The minimum Gasteiger partial charge on any atom is -0.399 e. The van der Waals surface area contributed by atoms with E-state index in [9.17, 15) is 14.7 Å². The minimum absolute atomic E-state index is 0.283. The third kappa shape index (κ3) is 4.60. The Morgan fingerprint density at radius 1 is 1.15 bits per heavy atom. The van der Waals surface area contributed by atoms with Gasteiger partial charge in [0.05, 0.1) is 6.10 Å². The van der Waals surface area contributed by atoms with Gasteiger partial charge in [0, 0.05) is 22.9 Å². The van der Waals surface area contributed by atoms with Crippen LogP contribution in [0.3, 0.4) is 0 Å². The Hall–Kier alpha value is -3.34. The first-order valence-corrected chi connectivity index (χ1v) is 7.82. The number of carbonyl (C=O) groups is 2. The fourth-order valence-electron chi connectivity index (χ4n) is 2.33. The van der Waals surface area contributed by atoms with Crippen LogP contribution in [0.5, 0.6) is 0 Å². The fraction of sp³-hybridized carbons (Fsp3) is 0.158.